The van der Waals surface area contributed by atoms with Crippen LogP contribution in [0.2, 0.25) is 0 Å². The third-order valence-corrected chi connectivity index (χ3v) is 4.40. The Morgan fingerprint density at radius 1 is 1.17 bits per heavy atom. The Bertz CT molecular complexity index is 403. The highest BCUT2D eigenvalue weighted by atomic mass is 32.2. The Balaban J connectivity index is 2.13. The van der Waals surface area contributed by atoms with Crippen molar-refractivity contribution in [2.24, 2.45) is 0 Å². The van der Waals surface area contributed by atoms with Crippen molar-refractivity contribution in [2.45, 2.75) is 56.6 Å². The highest BCUT2D eigenvalue weighted by molar-refractivity contribution is 8.00. The molecule has 0 spiro atoms. The smallest absolute Gasteiger partial charge is 0.128 e. The van der Waals surface area contributed by atoms with Crippen molar-refractivity contribution in [1.82, 2.24) is 4.98 Å². The average Bonchev–Trinajstić information content (AvgIpc) is 2.31. The van der Waals surface area contributed by atoms with E-state index in [-0.39, 0.29) is 4.75 Å². The maximum atomic E-state index is 4.65. The third kappa shape index (κ3) is 3.64. The van der Waals surface area contributed by atoms with Gasteiger partial charge in [0.25, 0.3) is 0 Å². The van der Waals surface area contributed by atoms with E-state index in [4.69, 9.17) is 0 Å². The Morgan fingerprint density at radius 3 is 2.39 bits per heavy atom. The lowest BCUT2D eigenvalue weighted by Gasteiger charge is -2.28. The van der Waals surface area contributed by atoms with E-state index in [2.05, 4.69) is 49.8 Å². The lowest BCUT2D eigenvalue weighted by Crippen LogP contribution is -2.30. The largest absolute Gasteiger partial charge is 0.357 e. The van der Waals surface area contributed by atoms with E-state index in [1.54, 1.807) is 0 Å². The van der Waals surface area contributed by atoms with Crippen LogP contribution in [0.4, 0.5) is 5.82 Å². The minimum Gasteiger partial charge on any atom is -0.357 e. The molecule has 0 N–H and O–H groups in total. The zero-order valence-electron chi connectivity index (χ0n) is 12.0. The number of piperidine rings is 1. The molecule has 1 saturated heterocycles. The van der Waals surface area contributed by atoms with Crippen LogP contribution in [0.3, 0.4) is 0 Å². The van der Waals surface area contributed by atoms with Gasteiger partial charge in [-0.2, -0.15) is 0 Å². The summed E-state index contributed by atoms with van der Waals surface area (Å²) in [5, 5.41) is 0. The first-order chi connectivity index (χ1) is 8.46. The summed E-state index contributed by atoms with van der Waals surface area (Å²) in [4.78, 5) is 8.38. The molecule has 1 aromatic rings. The van der Waals surface area contributed by atoms with Gasteiger partial charge in [0.1, 0.15) is 5.82 Å². The molecule has 0 aliphatic carbocycles. The molecule has 0 bridgehead atoms. The summed E-state index contributed by atoms with van der Waals surface area (Å²) in [7, 11) is 0. The van der Waals surface area contributed by atoms with E-state index in [9.17, 15) is 0 Å². The molecule has 1 fully saturated rings. The summed E-state index contributed by atoms with van der Waals surface area (Å²) in [6.45, 7) is 11.3. The fourth-order valence-corrected chi connectivity index (χ4v) is 3.25. The number of rotatable bonds is 2. The molecule has 2 rings (SSSR count). The predicted octanol–water partition coefficient (Wildman–Crippen LogP) is 4.27. The maximum absolute atomic E-state index is 4.65. The molecule has 0 aromatic carbocycles. The van der Waals surface area contributed by atoms with Gasteiger partial charge < -0.3 is 4.90 Å². The Kier molecular flexibility index (Phi) is 4.21. The second-order valence-electron chi connectivity index (χ2n) is 6.07. The summed E-state index contributed by atoms with van der Waals surface area (Å²) < 4.78 is 0.249. The fourth-order valence-electron chi connectivity index (χ4n) is 2.26. The number of thioether (sulfide) groups is 1. The number of nitrogens with zero attached hydrogens (tertiary/aromatic N) is 2. The minimum absolute atomic E-state index is 0.249. The van der Waals surface area contributed by atoms with Crippen LogP contribution in [0.1, 0.15) is 45.6 Å². The van der Waals surface area contributed by atoms with Crippen LogP contribution in [-0.2, 0) is 0 Å². The van der Waals surface area contributed by atoms with Gasteiger partial charge in [0, 0.05) is 28.9 Å². The molecule has 0 unspecified atom stereocenters. The summed E-state index contributed by atoms with van der Waals surface area (Å²) >= 11 is 1.90. The highest BCUT2D eigenvalue weighted by Gasteiger charge is 2.16. The van der Waals surface area contributed by atoms with Gasteiger partial charge in [-0.1, -0.05) is 20.8 Å². The molecule has 1 aromatic heterocycles. The summed E-state index contributed by atoms with van der Waals surface area (Å²) in [6.07, 6.45) is 6.03. The van der Waals surface area contributed by atoms with E-state index in [0.29, 0.717) is 0 Å². The van der Waals surface area contributed by atoms with Crippen LogP contribution in [0.25, 0.3) is 0 Å². The third-order valence-electron chi connectivity index (χ3n) is 3.14. The topological polar surface area (TPSA) is 16.1 Å². The zero-order valence-corrected chi connectivity index (χ0v) is 12.8. The van der Waals surface area contributed by atoms with E-state index >= 15 is 0 Å². The SMILES string of the molecule is Cc1cc(N2CCCCC2)ncc1SC(C)(C)C. The van der Waals surface area contributed by atoms with Gasteiger partial charge in [0.2, 0.25) is 0 Å². The molecule has 3 heteroatoms. The van der Waals surface area contributed by atoms with E-state index < -0.39 is 0 Å². The molecule has 1 aliphatic rings. The van der Waals surface area contributed by atoms with Gasteiger partial charge in [-0.15, -0.1) is 11.8 Å². The van der Waals surface area contributed by atoms with Gasteiger partial charge in [0.15, 0.2) is 0 Å². The maximum Gasteiger partial charge on any atom is 0.128 e. The molecular weight excluding hydrogens is 240 g/mol. The highest BCUT2D eigenvalue weighted by Crippen LogP contribution is 2.34. The van der Waals surface area contributed by atoms with Crippen LogP contribution >= 0.6 is 11.8 Å². The van der Waals surface area contributed by atoms with E-state index in [0.717, 1.165) is 18.9 Å². The molecule has 2 nitrogen and oxygen atoms in total. The van der Waals surface area contributed by atoms with Crippen molar-refractivity contribution >= 4 is 17.6 Å². The fraction of sp³-hybridized carbons (Fsp3) is 0.667. The van der Waals surface area contributed by atoms with Gasteiger partial charge in [0.05, 0.1) is 0 Å². The van der Waals surface area contributed by atoms with Crippen LogP contribution < -0.4 is 4.90 Å². The van der Waals surface area contributed by atoms with Gasteiger partial charge in [-0.25, -0.2) is 4.98 Å². The Morgan fingerprint density at radius 2 is 1.83 bits per heavy atom. The lowest BCUT2D eigenvalue weighted by atomic mass is 10.1. The number of anilines is 1. The number of pyridine rings is 1. The van der Waals surface area contributed by atoms with Gasteiger partial charge in [-0.3, -0.25) is 0 Å². The number of aromatic nitrogens is 1. The standard InChI is InChI=1S/C15H24N2S/c1-12-10-14(17-8-6-5-7-9-17)16-11-13(12)18-15(2,3)4/h10-11H,5-9H2,1-4H3. The van der Waals surface area contributed by atoms with Crippen molar-refractivity contribution in [1.29, 1.82) is 0 Å². The molecule has 100 valence electrons. The molecule has 18 heavy (non-hydrogen) atoms. The summed E-state index contributed by atoms with van der Waals surface area (Å²) in [5.41, 5.74) is 1.35. The number of aryl methyl sites for hydroxylation is 1. The van der Waals surface area contributed by atoms with Crippen molar-refractivity contribution in [2.75, 3.05) is 18.0 Å². The van der Waals surface area contributed by atoms with Crippen LogP contribution in [-0.4, -0.2) is 22.8 Å². The quantitative estimate of drug-likeness (QED) is 0.742. The van der Waals surface area contributed by atoms with Crippen molar-refractivity contribution < 1.29 is 0 Å². The van der Waals surface area contributed by atoms with Crippen molar-refractivity contribution in [3.63, 3.8) is 0 Å². The lowest BCUT2D eigenvalue weighted by molar-refractivity contribution is 0.573. The first kappa shape index (κ1) is 13.7. The molecule has 2 heterocycles. The number of hydrogen-bond donors (Lipinski definition) is 0. The zero-order chi connectivity index (χ0) is 13.2. The Labute approximate surface area is 115 Å². The van der Waals surface area contributed by atoms with Crippen molar-refractivity contribution in [3.8, 4) is 0 Å². The molecule has 1 aliphatic heterocycles. The van der Waals surface area contributed by atoms with Crippen LogP contribution in [0, 0.1) is 6.92 Å². The second-order valence-corrected chi connectivity index (χ2v) is 7.94. The monoisotopic (exact) mass is 264 g/mol. The van der Waals surface area contributed by atoms with Crippen LogP contribution in [0.5, 0.6) is 0 Å². The Hall–Kier alpha value is -0.700. The first-order valence-electron chi connectivity index (χ1n) is 6.86. The normalized spacial score (nSPS) is 17.0. The molecule has 0 amide bonds. The summed E-state index contributed by atoms with van der Waals surface area (Å²) in [6, 6.07) is 2.25. The molecular formula is C15H24N2S. The molecule has 0 atom stereocenters. The molecule has 0 radical (unpaired) electrons. The first-order valence-corrected chi connectivity index (χ1v) is 7.68. The van der Waals surface area contributed by atoms with Crippen LogP contribution in [0.15, 0.2) is 17.2 Å². The van der Waals surface area contributed by atoms with Gasteiger partial charge in [-0.05, 0) is 37.8 Å². The van der Waals surface area contributed by atoms with E-state index in [1.165, 1.54) is 29.7 Å². The average molecular weight is 264 g/mol. The summed E-state index contributed by atoms with van der Waals surface area (Å²) in [5.74, 6) is 1.16. The van der Waals surface area contributed by atoms with Gasteiger partial charge >= 0.3 is 0 Å². The second kappa shape index (κ2) is 5.52. The van der Waals surface area contributed by atoms with Crippen molar-refractivity contribution in [3.05, 3.63) is 17.8 Å². The minimum atomic E-state index is 0.249. The molecule has 0 saturated carbocycles. The predicted molar refractivity (Wildman–Crippen MR) is 80.6 cm³/mol. The number of hydrogen-bond acceptors (Lipinski definition) is 3. The van der Waals surface area contributed by atoms with E-state index in [1.807, 2.05) is 11.8 Å².